The molecule has 1 aliphatic carbocycles. The van der Waals surface area contributed by atoms with Crippen molar-refractivity contribution in [3.8, 4) is 0 Å². The van der Waals surface area contributed by atoms with Gasteiger partial charge in [-0.2, -0.15) is 0 Å². The van der Waals surface area contributed by atoms with Gasteiger partial charge in [0.05, 0.1) is 11.1 Å². The van der Waals surface area contributed by atoms with Crippen molar-refractivity contribution in [2.75, 3.05) is 5.32 Å². The Morgan fingerprint density at radius 2 is 2.38 bits per heavy atom. The van der Waals surface area contributed by atoms with Gasteiger partial charge in [-0.15, -0.1) is 0 Å². The van der Waals surface area contributed by atoms with E-state index in [-0.39, 0.29) is 16.8 Å². The zero-order chi connectivity index (χ0) is 11.7. The summed E-state index contributed by atoms with van der Waals surface area (Å²) in [4.78, 5) is 15.2. The molecular formula is C10H11ClFN3O. The topological polar surface area (TPSA) is 68.0 Å². The molecule has 0 spiro atoms. The maximum Gasteiger partial charge on any atom is 0.242 e. The van der Waals surface area contributed by atoms with Crippen LogP contribution in [0.1, 0.15) is 12.8 Å². The number of anilines is 1. The Morgan fingerprint density at radius 1 is 1.69 bits per heavy atom. The third kappa shape index (κ3) is 2.48. The second-order valence-corrected chi connectivity index (χ2v) is 4.27. The Balaban J connectivity index is 2.05. The van der Waals surface area contributed by atoms with E-state index in [4.69, 9.17) is 17.3 Å². The number of halogens is 2. The highest BCUT2D eigenvalue weighted by atomic mass is 35.5. The number of pyridine rings is 1. The van der Waals surface area contributed by atoms with Gasteiger partial charge >= 0.3 is 0 Å². The van der Waals surface area contributed by atoms with Gasteiger partial charge in [-0.05, 0) is 24.8 Å². The molecule has 1 fully saturated rings. The van der Waals surface area contributed by atoms with E-state index in [9.17, 15) is 9.18 Å². The number of rotatable bonds is 3. The van der Waals surface area contributed by atoms with Gasteiger partial charge in [0.15, 0.2) is 11.6 Å². The van der Waals surface area contributed by atoms with Gasteiger partial charge in [0.1, 0.15) is 0 Å². The lowest BCUT2D eigenvalue weighted by Crippen LogP contribution is -2.37. The van der Waals surface area contributed by atoms with Crippen molar-refractivity contribution in [3.05, 3.63) is 23.1 Å². The Morgan fingerprint density at radius 3 is 2.94 bits per heavy atom. The number of carbonyl (C=O) groups excluding carboxylic acids is 1. The Bertz CT molecular complexity index is 423. The number of carbonyl (C=O) groups is 1. The molecular weight excluding hydrogens is 233 g/mol. The van der Waals surface area contributed by atoms with Crippen LogP contribution in [0, 0.1) is 11.7 Å². The fraction of sp³-hybridized carbons (Fsp3) is 0.400. The van der Waals surface area contributed by atoms with Gasteiger partial charge in [0, 0.05) is 6.20 Å². The lowest BCUT2D eigenvalue weighted by Gasteiger charge is -2.10. The smallest absolute Gasteiger partial charge is 0.242 e. The van der Waals surface area contributed by atoms with Gasteiger partial charge in [0.2, 0.25) is 5.91 Å². The summed E-state index contributed by atoms with van der Waals surface area (Å²) in [6, 6.07) is 0.504. The van der Waals surface area contributed by atoms with Gasteiger partial charge in [-0.25, -0.2) is 9.37 Å². The van der Waals surface area contributed by atoms with Crippen LogP contribution in [0.25, 0.3) is 0 Å². The summed E-state index contributed by atoms with van der Waals surface area (Å²) in [6.45, 7) is 0. The lowest BCUT2D eigenvalue weighted by atomic mass is 10.2. The van der Waals surface area contributed by atoms with Crippen LogP contribution in [0.3, 0.4) is 0 Å². The van der Waals surface area contributed by atoms with Crippen LogP contribution in [-0.4, -0.2) is 16.9 Å². The number of aromatic nitrogens is 1. The van der Waals surface area contributed by atoms with E-state index in [0.29, 0.717) is 0 Å². The van der Waals surface area contributed by atoms with Crippen molar-refractivity contribution in [1.29, 1.82) is 0 Å². The molecule has 1 aliphatic rings. The number of nitrogens with two attached hydrogens (primary N) is 1. The van der Waals surface area contributed by atoms with Gasteiger partial charge in [-0.1, -0.05) is 11.6 Å². The molecule has 3 N–H and O–H groups in total. The zero-order valence-electron chi connectivity index (χ0n) is 8.41. The van der Waals surface area contributed by atoms with Crippen LogP contribution >= 0.6 is 11.6 Å². The van der Waals surface area contributed by atoms with E-state index in [2.05, 4.69) is 10.3 Å². The molecule has 1 unspecified atom stereocenters. The van der Waals surface area contributed by atoms with Crippen molar-refractivity contribution >= 4 is 23.3 Å². The van der Waals surface area contributed by atoms with Crippen molar-refractivity contribution in [2.45, 2.75) is 18.9 Å². The van der Waals surface area contributed by atoms with E-state index < -0.39 is 17.8 Å². The SMILES string of the molecule is NC(C(=O)Nc1ncc(Cl)cc1F)C1CC1. The van der Waals surface area contributed by atoms with Crippen molar-refractivity contribution in [2.24, 2.45) is 11.7 Å². The van der Waals surface area contributed by atoms with Crippen LogP contribution in [-0.2, 0) is 4.79 Å². The van der Waals surface area contributed by atoms with E-state index >= 15 is 0 Å². The molecule has 86 valence electrons. The molecule has 0 aliphatic heterocycles. The molecule has 16 heavy (non-hydrogen) atoms. The molecule has 2 rings (SSSR count). The standard InChI is InChI=1S/C10H11ClFN3O/c11-6-3-7(12)9(14-4-6)15-10(16)8(13)5-1-2-5/h3-5,8H,1-2,13H2,(H,14,15,16). The zero-order valence-corrected chi connectivity index (χ0v) is 9.17. The molecule has 0 bridgehead atoms. The highest BCUT2D eigenvalue weighted by molar-refractivity contribution is 6.30. The molecule has 0 saturated heterocycles. The number of hydrogen-bond acceptors (Lipinski definition) is 3. The van der Waals surface area contributed by atoms with Crippen molar-refractivity contribution in [3.63, 3.8) is 0 Å². The van der Waals surface area contributed by atoms with E-state index in [1.165, 1.54) is 6.20 Å². The molecule has 1 heterocycles. The maximum absolute atomic E-state index is 13.3. The third-order valence-electron chi connectivity index (χ3n) is 2.48. The molecule has 1 aromatic heterocycles. The Hall–Kier alpha value is -1.20. The predicted molar refractivity (Wildman–Crippen MR) is 58.5 cm³/mol. The van der Waals surface area contributed by atoms with Crippen LogP contribution in [0.4, 0.5) is 10.2 Å². The maximum atomic E-state index is 13.3. The first-order valence-corrected chi connectivity index (χ1v) is 5.33. The van der Waals surface area contributed by atoms with Crippen LogP contribution in [0.5, 0.6) is 0 Å². The van der Waals surface area contributed by atoms with Crippen LogP contribution in [0.15, 0.2) is 12.3 Å². The molecule has 1 saturated carbocycles. The molecule has 1 amide bonds. The van der Waals surface area contributed by atoms with E-state index in [1.807, 2.05) is 0 Å². The van der Waals surface area contributed by atoms with E-state index in [1.54, 1.807) is 0 Å². The second-order valence-electron chi connectivity index (χ2n) is 3.84. The highest BCUT2D eigenvalue weighted by Gasteiger charge is 2.33. The first-order chi connectivity index (χ1) is 7.58. The highest BCUT2D eigenvalue weighted by Crippen LogP contribution is 2.32. The fourth-order valence-corrected chi connectivity index (χ4v) is 1.52. The molecule has 4 nitrogen and oxygen atoms in total. The quantitative estimate of drug-likeness (QED) is 0.846. The average molecular weight is 244 g/mol. The normalized spacial score (nSPS) is 16.9. The summed E-state index contributed by atoms with van der Waals surface area (Å²) in [5.41, 5.74) is 5.66. The van der Waals surface area contributed by atoms with Gasteiger partial charge in [0.25, 0.3) is 0 Å². The minimum Gasteiger partial charge on any atom is -0.320 e. The third-order valence-corrected chi connectivity index (χ3v) is 2.69. The largest absolute Gasteiger partial charge is 0.320 e. The molecule has 1 atom stereocenters. The number of hydrogen-bond donors (Lipinski definition) is 2. The number of nitrogens with one attached hydrogen (secondary N) is 1. The van der Waals surface area contributed by atoms with E-state index in [0.717, 1.165) is 18.9 Å². The summed E-state index contributed by atoms with van der Waals surface area (Å²) < 4.78 is 13.3. The molecule has 1 aromatic rings. The monoisotopic (exact) mass is 243 g/mol. The summed E-state index contributed by atoms with van der Waals surface area (Å²) in [6.07, 6.45) is 3.17. The summed E-state index contributed by atoms with van der Waals surface area (Å²) >= 11 is 5.54. The first-order valence-electron chi connectivity index (χ1n) is 4.95. The fourth-order valence-electron chi connectivity index (χ4n) is 1.38. The average Bonchev–Trinajstić information content (AvgIpc) is 3.04. The van der Waals surface area contributed by atoms with Crippen molar-refractivity contribution in [1.82, 2.24) is 4.98 Å². The lowest BCUT2D eigenvalue weighted by molar-refractivity contribution is -0.117. The summed E-state index contributed by atoms with van der Waals surface area (Å²) in [5, 5.41) is 2.53. The number of amides is 1. The minimum absolute atomic E-state index is 0.134. The number of nitrogens with zero attached hydrogens (tertiary/aromatic N) is 1. The van der Waals surface area contributed by atoms with Gasteiger partial charge in [-0.3, -0.25) is 4.79 Å². The molecule has 0 aromatic carbocycles. The second kappa shape index (κ2) is 4.35. The summed E-state index contributed by atoms with van der Waals surface area (Å²) in [5.74, 6) is -0.985. The van der Waals surface area contributed by atoms with Crippen molar-refractivity contribution < 1.29 is 9.18 Å². The Kier molecular flexibility index (Phi) is 3.07. The van der Waals surface area contributed by atoms with Crippen LogP contribution < -0.4 is 11.1 Å². The molecule has 6 heteroatoms. The minimum atomic E-state index is -0.663. The summed E-state index contributed by atoms with van der Waals surface area (Å²) in [7, 11) is 0. The molecule has 0 radical (unpaired) electrons. The van der Waals surface area contributed by atoms with Gasteiger partial charge < -0.3 is 11.1 Å². The van der Waals surface area contributed by atoms with Crippen LogP contribution in [0.2, 0.25) is 5.02 Å². The predicted octanol–water partition coefficient (Wildman–Crippen LogP) is 1.55. The first kappa shape index (κ1) is 11.3. The Labute approximate surface area is 97.0 Å².